The molecule has 0 aromatic carbocycles. The minimum atomic E-state index is -1.17. The molecule has 0 radical (unpaired) electrons. The minimum absolute atomic E-state index is 0.351. The van der Waals surface area contributed by atoms with E-state index in [1.54, 1.807) is 6.92 Å². The predicted molar refractivity (Wildman–Crippen MR) is 42.9 cm³/mol. The van der Waals surface area contributed by atoms with Crippen molar-refractivity contribution in [3.05, 3.63) is 0 Å². The monoisotopic (exact) mass is 190 g/mol. The van der Waals surface area contributed by atoms with E-state index in [2.05, 4.69) is 0 Å². The normalized spacial score (nSPS) is 46.0. The lowest BCUT2D eigenvalue weighted by atomic mass is 9.93. The summed E-state index contributed by atoms with van der Waals surface area (Å²) in [5, 5.41) is 18.8. The number of ether oxygens (including phenoxy) is 2. The van der Waals surface area contributed by atoms with E-state index in [1.165, 1.54) is 7.11 Å². The van der Waals surface area contributed by atoms with Crippen LogP contribution in [0.4, 0.5) is 0 Å². The highest BCUT2D eigenvalue weighted by molar-refractivity contribution is 5.57. The van der Waals surface area contributed by atoms with Gasteiger partial charge in [-0.1, -0.05) is 6.92 Å². The summed E-state index contributed by atoms with van der Waals surface area (Å²) in [6.07, 6.45) is -3.34. The van der Waals surface area contributed by atoms with Gasteiger partial charge in [0.1, 0.15) is 12.2 Å². The second-order valence-electron chi connectivity index (χ2n) is 3.18. The number of methoxy groups -OCH3 is 1. The van der Waals surface area contributed by atoms with Gasteiger partial charge in [0.05, 0.1) is 6.10 Å². The smallest absolute Gasteiger partial charge is 0.163 e. The van der Waals surface area contributed by atoms with Gasteiger partial charge in [0.2, 0.25) is 0 Å². The number of hydrogen-bond donors (Lipinski definition) is 2. The van der Waals surface area contributed by atoms with Crippen molar-refractivity contribution in [3.8, 4) is 0 Å². The van der Waals surface area contributed by atoms with Crippen LogP contribution in [-0.4, -0.2) is 48.2 Å². The Hall–Kier alpha value is -0.490. The summed E-state index contributed by atoms with van der Waals surface area (Å²) in [6.45, 7) is 1.68. The van der Waals surface area contributed by atoms with Crippen LogP contribution in [0.1, 0.15) is 6.92 Å². The molecule has 1 fully saturated rings. The molecule has 5 heteroatoms. The van der Waals surface area contributed by atoms with E-state index in [-0.39, 0.29) is 5.92 Å². The number of aliphatic hydroxyl groups excluding tert-OH is 2. The molecule has 0 saturated carbocycles. The van der Waals surface area contributed by atoms with Crippen LogP contribution in [0.15, 0.2) is 0 Å². The summed E-state index contributed by atoms with van der Waals surface area (Å²) in [5.74, 6) is -0.351. The standard InChI is InChI=1S/C8H14O5/c1-4-6(10)7(11)5(3-9)13-8(4)12-2/h3-8,10-11H,1-2H3. The van der Waals surface area contributed by atoms with E-state index in [0.717, 1.165) is 0 Å². The van der Waals surface area contributed by atoms with Crippen molar-refractivity contribution in [2.24, 2.45) is 5.92 Å². The molecule has 5 nitrogen and oxygen atoms in total. The van der Waals surface area contributed by atoms with Crippen LogP contribution in [0.5, 0.6) is 0 Å². The molecule has 1 saturated heterocycles. The van der Waals surface area contributed by atoms with E-state index in [4.69, 9.17) is 9.47 Å². The molecule has 1 rings (SSSR count). The highest BCUT2D eigenvalue weighted by Crippen LogP contribution is 2.25. The highest BCUT2D eigenvalue weighted by Gasteiger charge is 2.42. The Morgan fingerprint density at radius 3 is 2.46 bits per heavy atom. The molecule has 1 aliphatic heterocycles. The number of rotatable bonds is 2. The number of aliphatic hydroxyl groups is 2. The summed E-state index contributed by atoms with van der Waals surface area (Å²) < 4.78 is 9.98. The molecule has 0 bridgehead atoms. The third-order valence-corrected chi connectivity index (χ3v) is 2.31. The molecule has 0 amide bonds. The van der Waals surface area contributed by atoms with E-state index in [0.29, 0.717) is 6.29 Å². The van der Waals surface area contributed by atoms with Crippen molar-refractivity contribution < 1.29 is 24.5 Å². The summed E-state index contributed by atoms with van der Waals surface area (Å²) in [6, 6.07) is 0. The quantitative estimate of drug-likeness (QED) is 0.541. The van der Waals surface area contributed by atoms with E-state index >= 15 is 0 Å². The van der Waals surface area contributed by atoms with Crippen molar-refractivity contribution in [1.29, 1.82) is 0 Å². The highest BCUT2D eigenvalue weighted by atomic mass is 16.7. The molecule has 5 atom stereocenters. The van der Waals surface area contributed by atoms with Gasteiger partial charge in [-0.05, 0) is 0 Å². The first-order valence-corrected chi connectivity index (χ1v) is 4.11. The first kappa shape index (κ1) is 10.6. The zero-order chi connectivity index (χ0) is 10.0. The first-order chi connectivity index (χ1) is 6.11. The first-order valence-electron chi connectivity index (χ1n) is 4.11. The van der Waals surface area contributed by atoms with Gasteiger partial charge in [0, 0.05) is 13.0 Å². The lowest BCUT2D eigenvalue weighted by molar-refractivity contribution is -0.259. The van der Waals surface area contributed by atoms with Crippen LogP contribution >= 0.6 is 0 Å². The lowest BCUT2D eigenvalue weighted by Crippen LogP contribution is -2.54. The van der Waals surface area contributed by atoms with Gasteiger partial charge in [-0.3, -0.25) is 0 Å². The predicted octanol–water partition coefficient (Wildman–Crippen LogP) is -1.09. The largest absolute Gasteiger partial charge is 0.390 e. The van der Waals surface area contributed by atoms with E-state index < -0.39 is 24.6 Å². The zero-order valence-electron chi connectivity index (χ0n) is 7.58. The summed E-state index contributed by atoms with van der Waals surface area (Å²) >= 11 is 0. The molecule has 0 aromatic rings. The van der Waals surface area contributed by atoms with E-state index in [9.17, 15) is 15.0 Å². The molecule has 0 aromatic heterocycles. The summed E-state index contributed by atoms with van der Waals surface area (Å²) in [7, 11) is 1.42. The average Bonchev–Trinajstić information content (AvgIpc) is 2.15. The Balaban J connectivity index is 2.71. The summed E-state index contributed by atoms with van der Waals surface area (Å²) in [4.78, 5) is 10.4. The van der Waals surface area contributed by atoms with Crippen molar-refractivity contribution in [2.75, 3.05) is 7.11 Å². The van der Waals surface area contributed by atoms with Crippen LogP contribution in [0.3, 0.4) is 0 Å². The Kier molecular flexibility index (Phi) is 3.38. The number of carbonyl (C=O) groups is 1. The number of carbonyl (C=O) groups excluding carboxylic acids is 1. The van der Waals surface area contributed by atoms with Crippen molar-refractivity contribution in [3.63, 3.8) is 0 Å². The molecule has 76 valence electrons. The molecule has 1 aliphatic rings. The molecule has 2 N–H and O–H groups in total. The van der Waals surface area contributed by atoms with Gasteiger partial charge in [0.25, 0.3) is 0 Å². The third kappa shape index (κ3) is 1.88. The number of aldehydes is 1. The summed E-state index contributed by atoms with van der Waals surface area (Å²) in [5.41, 5.74) is 0. The van der Waals surface area contributed by atoms with Crippen LogP contribution in [0.2, 0.25) is 0 Å². The Labute approximate surface area is 76.3 Å². The van der Waals surface area contributed by atoms with Gasteiger partial charge in [-0.15, -0.1) is 0 Å². The maximum Gasteiger partial charge on any atom is 0.163 e. The van der Waals surface area contributed by atoms with Crippen LogP contribution in [0.25, 0.3) is 0 Å². The third-order valence-electron chi connectivity index (χ3n) is 2.31. The molecule has 0 spiro atoms. The van der Waals surface area contributed by atoms with Gasteiger partial charge in [0.15, 0.2) is 12.6 Å². The number of hydrogen-bond acceptors (Lipinski definition) is 5. The fourth-order valence-electron chi connectivity index (χ4n) is 1.41. The van der Waals surface area contributed by atoms with Gasteiger partial charge in [-0.2, -0.15) is 0 Å². The van der Waals surface area contributed by atoms with Crippen LogP contribution < -0.4 is 0 Å². The molecular formula is C8H14O5. The Morgan fingerprint density at radius 1 is 1.38 bits per heavy atom. The Bertz CT molecular complexity index is 181. The van der Waals surface area contributed by atoms with Crippen LogP contribution in [-0.2, 0) is 14.3 Å². The molecular weight excluding hydrogens is 176 g/mol. The van der Waals surface area contributed by atoms with Crippen molar-refractivity contribution in [2.45, 2.75) is 31.5 Å². The molecule has 1 heterocycles. The molecule has 13 heavy (non-hydrogen) atoms. The van der Waals surface area contributed by atoms with Crippen molar-refractivity contribution >= 4 is 6.29 Å². The fraction of sp³-hybridized carbons (Fsp3) is 0.875. The minimum Gasteiger partial charge on any atom is -0.390 e. The Morgan fingerprint density at radius 2 is 2.00 bits per heavy atom. The SMILES string of the molecule is COC1OC(C=O)C(O)C(O)C1C. The second-order valence-corrected chi connectivity index (χ2v) is 3.18. The van der Waals surface area contributed by atoms with Gasteiger partial charge in [-0.25, -0.2) is 0 Å². The lowest BCUT2D eigenvalue weighted by Gasteiger charge is -2.38. The zero-order valence-corrected chi connectivity index (χ0v) is 7.58. The second kappa shape index (κ2) is 4.15. The average molecular weight is 190 g/mol. The maximum atomic E-state index is 10.4. The van der Waals surface area contributed by atoms with Crippen LogP contribution in [0, 0.1) is 5.92 Å². The topological polar surface area (TPSA) is 76.0 Å². The molecule has 5 unspecified atom stereocenters. The molecule has 0 aliphatic carbocycles. The van der Waals surface area contributed by atoms with E-state index in [1.807, 2.05) is 0 Å². The van der Waals surface area contributed by atoms with Crippen molar-refractivity contribution in [1.82, 2.24) is 0 Å². The fourth-order valence-corrected chi connectivity index (χ4v) is 1.41. The van der Waals surface area contributed by atoms with Gasteiger partial charge >= 0.3 is 0 Å². The van der Waals surface area contributed by atoms with Gasteiger partial charge < -0.3 is 24.5 Å². The maximum absolute atomic E-state index is 10.4.